The highest BCUT2D eigenvalue weighted by Gasteiger charge is 2.32. The van der Waals surface area contributed by atoms with Crippen molar-refractivity contribution in [3.05, 3.63) is 83.0 Å². The van der Waals surface area contributed by atoms with Crippen molar-refractivity contribution in [2.45, 2.75) is 32.7 Å². The summed E-state index contributed by atoms with van der Waals surface area (Å²) in [6, 6.07) is 16.3. The molecule has 0 unspecified atom stereocenters. The largest absolute Gasteiger partial charge is 0.573 e. The van der Waals surface area contributed by atoms with E-state index >= 15 is 0 Å². The summed E-state index contributed by atoms with van der Waals surface area (Å²) < 4.78 is 55.8. The van der Waals surface area contributed by atoms with Gasteiger partial charge in [0.05, 0.1) is 24.2 Å². The van der Waals surface area contributed by atoms with E-state index in [0.29, 0.717) is 29.1 Å². The molecule has 2 heterocycles. The van der Waals surface area contributed by atoms with Crippen LogP contribution >= 0.6 is 0 Å². The Kier molecular flexibility index (Phi) is 7.29. The zero-order chi connectivity index (χ0) is 29.5. The van der Waals surface area contributed by atoms with Gasteiger partial charge in [-0.2, -0.15) is 0 Å². The van der Waals surface area contributed by atoms with Gasteiger partial charge in [-0.25, -0.2) is 0 Å². The van der Waals surface area contributed by atoms with E-state index in [-0.39, 0.29) is 29.2 Å². The number of ether oxygens (including phenoxy) is 3. The number of para-hydroxylation sites is 2. The molecule has 1 atom stereocenters. The molecule has 0 bridgehead atoms. The molecule has 0 saturated heterocycles. The summed E-state index contributed by atoms with van der Waals surface area (Å²) in [7, 11) is 1.98. The summed E-state index contributed by atoms with van der Waals surface area (Å²) in [5.41, 5.74) is 2.76. The molecule has 0 amide bonds. The normalized spacial score (nSPS) is 14.9. The number of benzene rings is 3. The number of hydrogen-bond acceptors (Lipinski definition) is 6. The van der Waals surface area contributed by atoms with E-state index in [9.17, 15) is 27.9 Å². The van der Waals surface area contributed by atoms with Crippen molar-refractivity contribution in [3.63, 3.8) is 0 Å². The Balaban J connectivity index is 1.39. The number of rotatable bonds is 7. The van der Waals surface area contributed by atoms with E-state index in [0.717, 1.165) is 23.6 Å². The number of carbonyl (C=O) groups is 2. The van der Waals surface area contributed by atoms with Crippen molar-refractivity contribution < 1.29 is 42.1 Å². The molecule has 11 heteroatoms. The van der Waals surface area contributed by atoms with Crippen molar-refractivity contribution in [2.75, 3.05) is 25.1 Å². The molecule has 5 rings (SSSR count). The number of aromatic nitrogens is 1. The minimum atomic E-state index is -4.92. The predicted molar refractivity (Wildman–Crippen MR) is 145 cm³/mol. The molecule has 0 saturated carbocycles. The fraction of sp³-hybridized carbons (Fsp3) is 0.267. The van der Waals surface area contributed by atoms with E-state index in [1.165, 1.54) is 10.6 Å². The second-order valence-electron chi connectivity index (χ2n) is 9.88. The number of carboxylic acid groups (broad SMARTS) is 1. The summed E-state index contributed by atoms with van der Waals surface area (Å²) in [6.45, 7) is 4.23. The highest BCUT2D eigenvalue weighted by Crippen LogP contribution is 2.34. The van der Waals surface area contributed by atoms with Gasteiger partial charge in [0.15, 0.2) is 0 Å². The molecule has 8 nitrogen and oxygen atoms in total. The Hall–Kier alpha value is -4.67. The third kappa shape index (κ3) is 5.79. The molecule has 1 aliphatic heterocycles. The maximum atomic E-state index is 13.7. The third-order valence-electron chi connectivity index (χ3n) is 6.98. The van der Waals surface area contributed by atoms with Crippen molar-refractivity contribution in [1.29, 1.82) is 0 Å². The lowest BCUT2D eigenvalue weighted by molar-refractivity contribution is -0.274. The Morgan fingerprint density at radius 1 is 1.05 bits per heavy atom. The number of likely N-dealkylation sites (N-methyl/N-ethyl adjacent to an activating group) is 1. The lowest BCUT2D eigenvalue weighted by Gasteiger charge is -2.33. The molecule has 0 aliphatic carbocycles. The SMILES string of the molecule is Cc1cc(OC[C@@H]2CN(C)c3ccccc3O2)ccc1C(=O)n1c(C)c(CC(=O)O)c2cc(OC(F)(F)F)ccc21. The number of fused-ring (bicyclic) bond motifs is 2. The van der Waals surface area contributed by atoms with Crippen LogP contribution in [0.15, 0.2) is 60.7 Å². The second kappa shape index (κ2) is 10.7. The first kappa shape index (κ1) is 27.9. The molecule has 214 valence electrons. The zero-order valence-corrected chi connectivity index (χ0v) is 22.5. The van der Waals surface area contributed by atoms with Gasteiger partial charge in [-0.1, -0.05) is 12.1 Å². The highest BCUT2D eigenvalue weighted by molar-refractivity contribution is 6.05. The van der Waals surface area contributed by atoms with Crippen LogP contribution in [0.2, 0.25) is 0 Å². The fourth-order valence-electron chi connectivity index (χ4n) is 5.15. The first-order chi connectivity index (χ1) is 19.4. The molecule has 41 heavy (non-hydrogen) atoms. The first-order valence-corrected chi connectivity index (χ1v) is 12.8. The summed E-state index contributed by atoms with van der Waals surface area (Å²) >= 11 is 0. The monoisotopic (exact) mass is 568 g/mol. The molecule has 1 aromatic heterocycles. The van der Waals surface area contributed by atoms with E-state index in [1.54, 1.807) is 32.0 Å². The van der Waals surface area contributed by atoms with Gasteiger partial charge in [-0.15, -0.1) is 13.2 Å². The van der Waals surface area contributed by atoms with Crippen molar-refractivity contribution in [2.24, 2.45) is 0 Å². The number of hydrogen-bond donors (Lipinski definition) is 1. The Bertz CT molecular complexity index is 1650. The Labute approximate surface area is 233 Å². The van der Waals surface area contributed by atoms with Gasteiger partial charge in [0, 0.05) is 23.7 Å². The molecule has 0 fully saturated rings. The molecular formula is C30H27F3N2O6. The Morgan fingerprint density at radius 3 is 2.49 bits per heavy atom. The summed E-state index contributed by atoms with van der Waals surface area (Å²) in [5.74, 6) is -0.822. The number of aryl methyl sites for hydroxylation is 1. The summed E-state index contributed by atoms with van der Waals surface area (Å²) in [4.78, 5) is 27.4. The van der Waals surface area contributed by atoms with Crippen molar-refractivity contribution in [1.82, 2.24) is 4.57 Å². The minimum Gasteiger partial charge on any atom is -0.490 e. The standard InChI is InChI=1S/C30H27F3N2O6/c1-17-12-19(39-16-21-15-34(3)26-6-4-5-7-27(26)40-21)8-10-22(17)29(38)35-18(2)23(14-28(36)37)24-13-20(9-11-25(24)35)41-30(31,32)33/h4-13,21H,14-16H2,1-3H3,(H,36,37)/t21-/m0/s1. The number of aliphatic carboxylic acids is 1. The van der Waals surface area contributed by atoms with Gasteiger partial charge in [0.25, 0.3) is 5.91 Å². The maximum Gasteiger partial charge on any atom is 0.573 e. The quantitative estimate of drug-likeness (QED) is 0.304. The molecular weight excluding hydrogens is 541 g/mol. The van der Waals surface area contributed by atoms with Crippen LogP contribution in [-0.2, 0) is 11.2 Å². The molecule has 4 aromatic rings. The Morgan fingerprint density at radius 2 is 1.78 bits per heavy atom. The number of nitrogens with zero attached hydrogens (tertiary/aromatic N) is 2. The van der Waals surface area contributed by atoms with Gasteiger partial charge in [-0.3, -0.25) is 14.2 Å². The molecule has 0 spiro atoms. The maximum absolute atomic E-state index is 13.7. The highest BCUT2D eigenvalue weighted by atomic mass is 19.4. The van der Waals surface area contributed by atoms with Crippen LogP contribution in [-0.4, -0.2) is 54.2 Å². The first-order valence-electron chi connectivity index (χ1n) is 12.8. The predicted octanol–water partition coefficient (Wildman–Crippen LogP) is 5.75. The van der Waals surface area contributed by atoms with Gasteiger partial charge in [0.1, 0.15) is 30.0 Å². The van der Waals surface area contributed by atoms with Crippen LogP contribution in [0.1, 0.15) is 27.2 Å². The number of halogens is 3. The van der Waals surface area contributed by atoms with E-state index in [1.807, 2.05) is 31.3 Å². The van der Waals surface area contributed by atoms with Crippen LogP contribution in [0.25, 0.3) is 10.9 Å². The zero-order valence-electron chi connectivity index (χ0n) is 22.5. The second-order valence-corrected chi connectivity index (χ2v) is 9.88. The van der Waals surface area contributed by atoms with Gasteiger partial charge < -0.3 is 24.2 Å². The van der Waals surface area contributed by atoms with Crippen LogP contribution in [0.4, 0.5) is 18.9 Å². The van der Waals surface area contributed by atoms with E-state index in [2.05, 4.69) is 9.64 Å². The molecule has 3 aromatic carbocycles. The average Bonchev–Trinajstić information content (AvgIpc) is 3.16. The van der Waals surface area contributed by atoms with Gasteiger partial charge >= 0.3 is 12.3 Å². The van der Waals surface area contributed by atoms with Gasteiger partial charge in [0.2, 0.25) is 0 Å². The smallest absolute Gasteiger partial charge is 0.490 e. The van der Waals surface area contributed by atoms with Crippen LogP contribution in [0.3, 0.4) is 0 Å². The van der Waals surface area contributed by atoms with Crippen LogP contribution in [0, 0.1) is 13.8 Å². The number of alkyl halides is 3. The van der Waals surface area contributed by atoms with E-state index < -0.39 is 30.4 Å². The van der Waals surface area contributed by atoms with E-state index in [4.69, 9.17) is 9.47 Å². The number of carboxylic acids is 1. The summed E-state index contributed by atoms with van der Waals surface area (Å²) in [6.07, 6.45) is -5.60. The van der Waals surface area contributed by atoms with Gasteiger partial charge in [-0.05, 0) is 73.5 Å². The summed E-state index contributed by atoms with van der Waals surface area (Å²) in [5, 5.41) is 9.61. The number of carbonyl (C=O) groups excluding carboxylic acids is 1. The molecule has 1 N–H and O–H groups in total. The minimum absolute atomic E-state index is 0.191. The molecule has 1 aliphatic rings. The lowest BCUT2D eigenvalue weighted by atomic mass is 10.1. The topological polar surface area (TPSA) is 90.2 Å². The molecule has 0 radical (unpaired) electrons. The lowest BCUT2D eigenvalue weighted by Crippen LogP contribution is -2.41. The average molecular weight is 569 g/mol. The van der Waals surface area contributed by atoms with Crippen molar-refractivity contribution >= 4 is 28.5 Å². The third-order valence-corrected chi connectivity index (χ3v) is 6.98. The van der Waals surface area contributed by atoms with Crippen molar-refractivity contribution in [3.8, 4) is 17.2 Å². The number of anilines is 1. The van der Waals surface area contributed by atoms with Crippen LogP contribution < -0.4 is 19.1 Å². The van der Waals surface area contributed by atoms with Crippen LogP contribution in [0.5, 0.6) is 17.2 Å². The fourth-order valence-corrected chi connectivity index (χ4v) is 5.15.